The Hall–Kier alpha value is -1.31. The number of aryl methyl sites for hydroxylation is 1. The molecular formula is C17H22N2O4S. The molecule has 6 nitrogen and oxygen atoms in total. The van der Waals surface area contributed by atoms with E-state index >= 15 is 0 Å². The van der Waals surface area contributed by atoms with Crippen LogP contribution in [0.5, 0.6) is 0 Å². The van der Waals surface area contributed by atoms with Crippen LogP contribution in [0.25, 0.3) is 0 Å². The van der Waals surface area contributed by atoms with Crippen molar-refractivity contribution in [1.82, 2.24) is 9.80 Å². The number of carbonyl (C=O) groups is 2. The van der Waals surface area contributed by atoms with E-state index in [1.165, 1.54) is 6.26 Å². The molecule has 1 N–H and O–H groups in total. The summed E-state index contributed by atoms with van der Waals surface area (Å²) in [7, 11) is 0. The molecule has 1 amide bonds. The highest BCUT2D eigenvalue weighted by atomic mass is 32.2. The van der Waals surface area contributed by atoms with Crippen LogP contribution in [0, 0.1) is 0 Å². The summed E-state index contributed by atoms with van der Waals surface area (Å²) < 4.78 is 5.46. The Kier molecular flexibility index (Phi) is 4.40. The van der Waals surface area contributed by atoms with Crippen LogP contribution in [0.15, 0.2) is 10.7 Å². The van der Waals surface area contributed by atoms with Crippen LogP contribution in [0.3, 0.4) is 0 Å². The van der Waals surface area contributed by atoms with Gasteiger partial charge in [0.15, 0.2) is 5.78 Å². The third-order valence-electron chi connectivity index (χ3n) is 5.25. The number of aliphatic hydroxyl groups is 1. The smallest absolute Gasteiger partial charge is 0.258 e. The van der Waals surface area contributed by atoms with Crippen molar-refractivity contribution in [1.29, 1.82) is 0 Å². The molecule has 3 aliphatic rings. The van der Waals surface area contributed by atoms with Crippen LogP contribution in [-0.2, 0) is 6.42 Å². The molecule has 4 rings (SSSR count). The Morgan fingerprint density at radius 1 is 1.25 bits per heavy atom. The maximum absolute atomic E-state index is 12.9. The molecule has 0 aromatic carbocycles. The second-order valence-corrected chi connectivity index (χ2v) is 7.94. The van der Waals surface area contributed by atoms with Crippen LogP contribution in [-0.4, -0.2) is 76.4 Å². The van der Waals surface area contributed by atoms with Gasteiger partial charge in [0, 0.05) is 50.5 Å². The minimum absolute atomic E-state index is 0.00213. The number of carbonyl (C=O) groups excluding carboxylic acids is 2. The second kappa shape index (κ2) is 6.54. The zero-order valence-corrected chi connectivity index (χ0v) is 14.4. The Bertz CT molecular complexity index is 653. The number of hydrogen-bond acceptors (Lipinski definition) is 6. The van der Waals surface area contributed by atoms with E-state index in [9.17, 15) is 14.7 Å². The number of furan rings is 1. The molecule has 3 heterocycles. The van der Waals surface area contributed by atoms with Crippen LogP contribution in [0.1, 0.15) is 39.3 Å². The molecular weight excluding hydrogens is 328 g/mol. The van der Waals surface area contributed by atoms with Gasteiger partial charge in [0.1, 0.15) is 12.0 Å². The minimum atomic E-state index is -0.532. The van der Waals surface area contributed by atoms with Crippen molar-refractivity contribution >= 4 is 23.5 Å². The zero-order valence-electron chi connectivity index (χ0n) is 13.6. The fourth-order valence-corrected chi connectivity index (χ4v) is 4.88. The van der Waals surface area contributed by atoms with Gasteiger partial charge in [-0.05, 0) is 6.42 Å². The van der Waals surface area contributed by atoms with Crippen molar-refractivity contribution in [2.45, 2.75) is 31.4 Å². The van der Waals surface area contributed by atoms with Crippen molar-refractivity contribution in [3.63, 3.8) is 0 Å². The molecule has 2 atom stereocenters. The fraction of sp³-hybridized carbons (Fsp3) is 0.647. The summed E-state index contributed by atoms with van der Waals surface area (Å²) in [5.74, 6) is 2.58. The summed E-state index contributed by atoms with van der Waals surface area (Å²) >= 11 is 1.93. The predicted molar refractivity (Wildman–Crippen MR) is 90.6 cm³/mol. The highest BCUT2D eigenvalue weighted by Crippen LogP contribution is 2.29. The molecule has 0 spiro atoms. The molecule has 24 heavy (non-hydrogen) atoms. The molecule has 0 saturated carbocycles. The van der Waals surface area contributed by atoms with Crippen LogP contribution in [0.2, 0.25) is 0 Å². The van der Waals surface area contributed by atoms with Gasteiger partial charge in [0.25, 0.3) is 5.91 Å². The van der Waals surface area contributed by atoms with Crippen molar-refractivity contribution in [2.24, 2.45) is 0 Å². The maximum Gasteiger partial charge on any atom is 0.258 e. The van der Waals surface area contributed by atoms with Crippen LogP contribution >= 0.6 is 11.8 Å². The average molecular weight is 350 g/mol. The largest absolute Gasteiger partial charge is 0.468 e. The van der Waals surface area contributed by atoms with Gasteiger partial charge >= 0.3 is 0 Å². The first kappa shape index (κ1) is 16.2. The summed E-state index contributed by atoms with van der Waals surface area (Å²) in [4.78, 5) is 29.0. The van der Waals surface area contributed by atoms with Gasteiger partial charge in [0.2, 0.25) is 0 Å². The summed E-state index contributed by atoms with van der Waals surface area (Å²) in [5.41, 5.74) is 0.843. The molecule has 2 aliphatic heterocycles. The number of Topliss-reactive ketones (excluding diaryl/α,β-unsaturated/α-hetero) is 1. The third-order valence-corrected chi connectivity index (χ3v) is 6.19. The lowest BCUT2D eigenvalue weighted by Crippen LogP contribution is -2.47. The normalized spacial score (nSPS) is 28.2. The first-order chi connectivity index (χ1) is 11.6. The minimum Gasteiger partial charge on any atom is -0.468 e. The number of nitrogens with zero attached hydrogens (tertiary/aromatic N) is 2. The van der Waals surface area contributed by atoms with E-state index in [-0.39, 0.29) is 17.7 Å². The molecule has 1 aliphatic carbocycles. The molecule has 0 unspecified atom stereocenters. The van der Waals surface area contributed by atoms with Crippen LogP contribution < -0.4 is 0 Å². The Balaban J connectivity index is 1.51. The highest BCUT2D eigenvalue weighted by Gasteiger charge is 2.40. The van der Waals surface area contributed by atoms with Gasteiger partial charge in [-0.3, -0.25) is 14.5 Å². The van der Waals surface area contributed by atoms with E-state index < -0.39 is 6.10 Å². The lowest BCUT2D eigenvalue weighted by Gasteiger charge is -2.33. The van der Waals surface area contributed by atoms with Gasteiger partial charge in [-0.25, -0.2) is 0 Å². The number of aliphatic hydroxyl groups excluding tert-OH is 1. The zero-order chi connectivity index (χ0) is 16.7. The van der Waals surface area contributed by atoms with Gasteiger partial charge in [-0.2, -0.15) is 11.8 Å². The molecule has 1 aromatic rings. The number of β-amino-alcohol motifs (C(OH)–C–C–N with tert-alkyl or cyclic N) is 1. The first-order valence-electron chi connectivity index (χ1n) is 8.58. The van der Waals surface area contributed by atoms with Gasteiger partial charge in [0.05, 0.1) is 23.3 Å². The molecule has 2 saturated heterocycles. The molecule has 130 valence electrons. The van der Waals surface area contributed by atoms with Crippen LogP contribution in [0.4, 0.5) is 0 Å². The number of likely N-dealkylation sites (tertiary alicyclic amines) is 1. The van der Waals surface area contributed by atoms with Crippen molar-refractivity contribution in [3.05, 3.63) is 23.2 Å². The molecule has 0 radical (unpaired) electrons. The average Bonchev–Trinajstić information content (AvgIpc) is 3.20. The SMILES string of the molecule is O=C1CCCc2occ(C(=O)N3C[C@H](O)[C@@H](N4CCSCC4)C3)c21. The summed E-state index contributed by atoms with van der Waals surface area (Å²) in [5, 5.41) is 10.4. The predicted octanol–water partition coefficient (Wildman–Crippen LogP) is 1.03. The quantitative estimate of drug-likeness (QED) is 0.859. The summed E-state index contributed by atoms with van der Waals surface area (Å²) in [6.45, 7) is 2.74. The lowest BCUT2D eigenvalue weighted by molar-refractivity contribution is 0.0756. The van der Waals surface area contributed by atoms with Crippen molar-refractivity contribution < 1.29 is 19.1 Å². The Morgan fingerprint density at radius 3 is 2.83 bits per heavy atom. The molecule has 1 aromatic heterocycles. The van der Waals surface area contributed by atoms with E-state index in [4.69, 9.17) is 4.42 Å². The number of fused-ring (bicyclic) bond motifs is 1. The molecule has 0 bridgehead atoms. The van der Waals surface area contributed by atoms with Gasteiger partial charge < -0.3 is 14.4 Å². The van der Waals surface area contributed by atoms with Crippen molar-refractivity contribution in [3.8, 4) is 0 Å². The topological polar surface area (TPSA) is 74.0 Å². The number of rotatable bonds is 2. The number of thioether (sulfide) groups is 1. The number of hydrogen-bond donors (Lipinski definition) is 1. The second-order valence-electron chi connectivity index (χ2n) is 6.72. The van der Waals surface area contributed by atoms with Gasteiger partial charge in [-0.1, -0.05) is 0 Å². The van der Waals surface area contributed by atoms with E-state index in [0.717, 1.165) is 31.0 Å². The molecule has 7 heteroatoms. The standard InChI is InChI=1S/C17H22N2O4S/c20-13-2-1-3-15-16(13)11(10-23-15)17(22)19-8-12(14(21)9-19)18-4-6-24-7-5-18/h10,12,14,21H,1-9H2/t12-,14-/m0/s1. The van der Waals surface area contributed by atoms with Gasteiger partial charge in [-0.15, -0.1) is 0 Å². The lowest BCUT2D eigenvalue weighted by atomic mass is 9.94. The van der Waals surface area contributed by atoms with Crippen molar-refractivity contribution in [2.75, 3.05) is 37.7 Å². The Morgan fingerprint density at radius 2 is 2.04 bits per heavy atom. The third kappa shape index (κ3) is 2.78. The monoisotopic (exact) mass is 350 g/mol. The Labute approximate surface area is 145 Å². The number of amides is 1. The first-order valence-corrected chi connectivity index (χ1v) is 9.73. The van der Waals surface area contributed by atoms with E-state index in [1.807, 2.05) is 11.8 Å². The summed E-state index contributed by atoms with van der Waals surface area (Å²) in [6, 6.07) is -0.00622. The van der Waals surface area contributed by atoms with E-state index in [2.05, 4.69) is 4.90 Å². The van der Waals surface area contributed by atoms with E-state index in [1.54, 1.807) is 4.90 Å². The highest BCUT2D eigenvalue weighted by molar-refractivity contribution is 7.99. The van der Waals surface area contributed by atoms with E-state index in [0.29, 0.717) is 42.8 Å². The fourth-order valence-electron chi connectivity index (χ4n) is 3.95. The number of ketones is 1. The summed E-state index contributed by atoms with van der Waals surface area (Å²) in [6.07, 6.45) is 2.86. The maximum atomic E-state index is 12.9. The molecule has 2 fully saturated rings.